The summed E-state index contributed by atoms with van der Waals surface area (Å²) in [6, 6.07) is 21.2. The van der Waals surface area contributed by atoms with E-state index in [0.29, 0.717) is 0 Å². The largest absolute Gasteiger partial charge is 1.00 e. The Bertz CT molecular complexity index is 729. The van der Waals surface area contributed by atoms with Crippen molar-refractivity contribution in [3.63, 3.8) is 0 Å². The maximum absolute atomic E-state index is 5.24. The zero-order chi connectivity index (χ0) is 16.3. The normalized spacial score (nSPS) is 15.9. The molecule has 0 aromatic heterocycles. The molecule has 0 bridgehead atoms. The molecule has 0 unspecified atom stereocenters. The zero-order valence-electron chi connectivity index (χ0n) is 14.7. The van der Waals surface area contributed by atoms with Crippen LogP contribution in [0.25, 0.3) is 0 Å². The highest BCUT2D eigenvalue weighted by Crippen LogP contribution is 2.30. The smallest absolute Gasteiger partial charge is 0.255 e. The van der Waals surface area contributed by atoms with E-state index in [1.54, 1.807) is 0 Å². The van der Waals surface area contributed by atoms with Gasteiger partial charge in [0.1, 0.15) is 12.3 Å². The molecule has 1 aliphatic heterocycles. The van der Waals surface area contributed by atoms with E-state index in [1.807, 2.05) is 0 Å². The summed E-state index contributed by atoms with van der Waals surface area (Å²) in [5, 5.41) is 0. The van der Waals surface area contributed by atoms with Gasteiger partial charge in [-0.15, -0.1) is 0 Å². The Labute approximate surface area is 162 Å². The van der Waals surface area contributed by atoms with Crippen LogP contribution in [0.5, 0.6) is 0 Å². The quantitative estimate of drug-likeness (QED) is 0.503. The summed E-state index contributed by atoms with van der Waals surface area (Å²) in [4.78, 5) is 5.24. The van der Waals surface area contributed by atoms with Gasteiger partial charge in [-0.1, -0.05) is 62.4 Å². The average molecular weight is 432 g/mol. The van der Waals surface area contributed by atoms with Gasteiger partial charge in [0.2, 0.25) is 5.71 Å². The molecule has 0 amide bonds. The monoisotopic (exact) mass is 432 g/mol. The van der Waals surface area contributed by atoms with Crippen molar-refractivity contribution >= 4 is 11.4 Å². The fraction of sp³-hybridized carbons (Fsp3) is 0.333. The molecule has 0 spiro atoms. The van der Waals surface area contributed by atoms with Crippen molar-refractivity contribution in [2.75, 3.05) is 6.54 Å². The van der Waals surface area contributed by atoms with E-state index in [-0.39, 0.29) is 29.6 Å². The molecule has 2 aromatic carbocycles. The highest BCUT2D eigenvalue weighted by atomic mass is 127. The van der Waals surface area contributed by atoms with E-state index >= 15 is 0 Å². The highest BCUT2D eigenvalue weighted by Gasteiger charge is 2.46. The van der Waals surface area contributed by atoms with Gasteiger partial charge in [-0.05, 0) is 19.1 Å². The molecule has 126 valence electrons. The second kappa shape index (κ2) is 8.06. The van der Waals surface area contributed by atoms with Crippen LogP contribution in [0.3, 0.4) is 0 Å². The van der Waals surface area contributed by atoms with E-state index in [0.717, 1.165) is 25.1 Å². The molecule has 2 nitrogen and oxygen atoms in total. The highest BCUT2D eigenvalue weighted by molar-refractivity contribution is 6.52. The van der Waals surface area contributed by atoms with E-state index < -0.39 is 0 Å². The molecular weight excluding hydrogens is 407 g/mol. The summed E-state index contributed by atoms with van der Waals surface area (Å²) in [6.45, 7) is 7.68. The third-order valence-corrected chi connectivity index (χ3v) is 4.86. The molecule has 2 aromatic rings. The molecule has 0 N–H and O–H groups in total. The molecule has 24 heavy (non-hydrogen) atoms. The van der Waals surface area contributed by atoms with Gasteiger partial charge >= 0.3 is 0 Å². The summed E-state index contributed by atoms with van der Waals surface area (Å²) in [6.07, 6.45) is 2.04. The number of hydrogen-bond donors (Lipinski definition) is 0. The lowest BCUT2D eigenvalue weighted by atomic mass is 10.00. The number of benzene rings is 2. The van der Waals surface area contributed by atoms with Crippen molar-refractivity contribution in [2.24, 2.45) is 4.99 Å². The first-order chi connectivity index (χ1) is 11.3. The second-order valence-electron chi connectivity index (χ2n) is 5.97. The van der Waals surface area contributed by atoms with Gasteiger partial charge in [-0.3, -0.25) is 0 Å². The predicted octanol–water partition coefficient (Wildman–Crippen LogP) is 1.53. The van der Waals surface area contributed by atoms with Crippen LogP contribution in [0.2, 0.25) is 0 Å². The van der Waals surface area contributed by atoms with Crippen LogP contribution in [0.15, 0.2) is 65.7 Å². The molecule has 0 atom stereocenters. The SMILES string of the molecule is CC[N+]1=C(c2ccccc2)C(c2ccccc2)=NC1(CC)CC.[I-]. The van der Waals surface area contributed by atoms with Crippen LogP contribution in [0.4, 0.5) is 0 Å². The minimum Gasteiger partial charge on any atom is -1.00 e. The number of aliphatic imine (C=N–C) groups is 1. The van der Waals surface area contributed by atoms with Gasteiger partial charge in [0.25, 0.3) is 5.66 Å². The van der Waals surface area contributed by atoms with Gasteiger partial charge in [-0.25, -0.2) is 9.57 Å². The van der Waals surface area contributed by atoms with Crippen molar-refractivity contribution in [1.82, 2.24) is 0 Å². The topological polar surface area (TPSA) is 15.4 Å². The summed E-state index contributed by atoms with van der Waals surface area (Å²) >= 11 is 0. The summed E-state index contributed by atoms with van der Waals surface area (Å²) in [5.41, 5.74) is 4.73. The van der Waals surface area contributed by atoms with E-state index in [9.17, 15) is 0 Å². The van der Waals surface area contributed by atoms with Crippen LogP contribution in [-0.4, -0.2) is 28.2 Å². The Hall–Kier alpha value is -1.49. The van der Waals surface area contributed by atoms with Gasteiger partial charge in [0.15, 0.2) is 0 Å². The molecule has 0 fully saturated rings. The van der Waals surface area contributed by atoms with Crippen LogP contribution in [0, 0.1) is 0 Å². The van der Waals surface area contributed by atoms with Gasteiger partial charge in [0.05, 0.1) is 0 Å². The summed E-state index contributed by atoms with van der Waals surface area (Å²) in [7, 11) is 0. The standard InChI is InChI=1S/C21H25N2.HI/c1-4-21(5-2)22-19(17-13-9-7-10-14-17)20(23(21)6-3)18-15-11-8-12-16-18;/h7-16H,4-6H2,1-3H3;1H/q+1;/p-1. The predicted molar refractivity (Wildman–Crippen MR) is 97.6 cm³/mol. The number of halogens is 1. The minimum atomic E-state index is -0.120. The lowest BCUT2D eigenvalue weighted by Crippen LogP contribution is -3.00. The fourth-order valence-electron chi connectivity index (χ4n) is 3.59. The van der Waals surface area contributed by atoms with Gasteiger partial charge in [0, 0.05) is 24.0 Å². The molecule has 1 heterocycles. The lowest BCUT2D eigenvalue weighted by Gasteiger charge is -2.21. The lowest BCUT2D eigenvalue weighted by molar-refractivity contribution is -0.600. The molecule has 3 rings (SSSR count). The Morgan fingerprint density at radius 2 is 1.29 bits per heavy atom. The third-order valence-electron chi connectivity index (χ3n) is 4.86. The Morgan fingerprint density at radius 3 is 1.75 bits per heavy atom. The first-order valence-corrected chi connectivity index (χ1v) is 8.61. The van der Waals surface area contributed by atoms with Gasteiger partial charge < -0.3 is 24.0 Å². The van der Waals surface area contributed by atoms with E-state index in [4.69, 9.17) is 4.99 Å². The van der Waals surface area contributed by atoms with Crippen molar-refractivity contribution < 1.29 is 28.6 Å². The van der Waals surface area contributed by atoms with Crippen LogP contribution in [0.1, 0.15) is 44.7 Å². The molecular formula is C21H25IN2. The average Bonchev–Trinajstić information content (AvgIpc) is 2.98. The molecule has 0 radical (unpaired) electrons. The Morgan fingerprint density at radius 1 is 0.792 bits per heavy atom. The molecule has 0 saturated heterocycles. The number of nitrogens with zero attached hydrogens (tertiary/aromatic N) is 2. The van der Waals surface area contributed by atoms with E-state index in [2.05, 4.69) is 86.0 Å². The minimum absolute atomic E-state index is 0. The summed E-state index contributed by atoms with van der Waals surface area (Å²) in [5.74, 6) is 0. The Kier molecular flexibility index (Phi) is 6.33. The summed E-state index contributed by atoms with van der Waals surface area (Å²) < 4.78 is 2.49. The zero-order valence-corrected chi connectivity index (χ0v) is 16.8. The van der Waals surface area contributed by atoms with Crippen LogP contribution in [-0.2, 0) is 0 Å². The van der Waals surface area contributed by atoms with Crippen molar-refractivity contribution in [1.29, 1.82) is 0 Å². The van der Waals surface area contributed by atoms with Crippen LogP contribution < -0.4 is 24.0 Å². The van der Waals surface area contributed by atoms with Crippen molar-refractivity contribution in [3.05, 3.63) is 71.8 Å². The second-order valence-corrected chi connectivity index (χ2v) is 5.97. The van der Waals surface area contributed by atoms with Crippen molar-refractivity contribution in [3.8, 4) is 0 Å². The maximum atomic E-state index is 5.24. The molecule has 3 heteroatoms. The first-order valence-electron chi connectivity index (χ1n) is 8.61. The molecule has 0 saturated carbocycles. The van der Waals surface area contributed by atoms with Gasteiger partial charge in [-0.2, -0.15) is 0 Å². The maximum Gasteiger partial charge on any atom is 0.255 e. The third kappa shape index (κ3) is 3.18. The fourth-order valence-corrected chi connectivity index (χ4v) is 3.59. The van der Waals surface area contributed by atoms with Crippen molar-refractivity contribution in [2.45, 2.75) is 39.3 Å². The molecule has 1 aliphatic rings. The molecule has 0 aliphatic carbocycles. The number of hydrogen-bond acceptors (Lipinski definition) is 1. The number of rotatable bonds is 5. The first kappa shape index (κ1) is 18.8. The Balaban J connectivity index is 0.00000208. The van der Waals surface area contributed by atoms with Crippen LogP contribution >= 0.6 is 0 Å². The van der Waals surface area contributed by atoms with E-state index in [1.165, 1.54) is 16.8 Å².